The summed E-state index contributed by atoms with van der Waals surface area (Å²) in [4.78, 5) is 25.3. The monoisotopic (exact) mass is 290 g/mol. The van der Waals surface area contributed by atoms with Crippen molar-refractivity contribution in [3.8, 4) is 0 Å². The van der Waals surface area contributed by atoms with Crippen LogP contribution in [0, 0.1) is 0 Å². The molecule has 1 aliphatic rings. The van der Waals surface area contributed by atoms with Crippen LogP contribution in [0.4, 0.5) is 0 Å². The van der Waals surface area contributed by atoms with E-state index >= 15 is 0 Å². The number of nitrogens with two attached hydrogens (primary N) is 1. The van der Waals surface area contributed by atoms with Crippen LogP contribution in [0.25, 0.3) is 0 Å². The zero-order valence-corrected chi connectivity index (χ0v) is 12.1. The lowest BCUT2D eigenvalue weighted by Crippen LogP contribution is -2.44. The minimum atomic E-state index is -0.969. The minimum Gasteiger partial charge on any atom is -0.480 e. The van der Waals surface area contributed by atoms with E-state index in [0.29, 0.717) is 12.1 Å². The fourth-order valence-electron chi connectivity index (χ4n) is 2.90. The van der Waals surface area contributed by atoms with Gasteiger partial charge in [-0.15, -0.1) is 0 Å². The van der Waals surface area contributed by atoms with Crippen molar-refractivity contribution in [2.24, 2.45) is 5.73 Å². The highest BCUT2D eigenvalue weighted by Gasteiger charge is 2.28. The van der Waals surface area contributed by atoms with E-state index in [1.165, 1.54) is 4.90 Å². The molecule has 0 heterocycles. The second kappa shape index (κ2) is 7.22. The van der Waals surface area contributed by atoms with Gasteiger partial charge < -0.3 is 15.7 Å². The standard InChI is InChI=1S/C16H22N2O3/c17-10-12-5-4-6-13(9-12)16(21)18(11-15(19)20)14-7-2-1-3-8-14/h4-6,9,14H,1-3,7-8,10-11,17H2,(H,19,20). The predicted molar refractivity (Wildman–Crippen MR) is 79.9 cm³/mol. The van der Waals surface area contributed by atoms with Gasteiger partial charge in [0.25, 0.3) is 5.91 Å². The van der Waals surface area contributed by atoms with E-state index in [1.807, 2.05) is 6.07 Å². The van der Waals surface area contributed by atoms with Crippen LogP contribution < -0.4 is 5.73 Å². The molecule has 0 aliphatic heterocycles. The average Bonchev–Trinajstić information content (AvgIpc) is 2.52. The van der Waals surface area contributed by atoms with Gasteiger partial charge >= 0.3 is 5.97 Å². The summed E-state index contributed by atoms with van der Waals surface area (Å²) in [5, 5.41) is 9.10. The molecule has 1 aliphatic carbocycles. The van der Waals surface area contributed by atoms with Crippen molar-refractivity contribution in [2.45, 2.75) is 44.7 Å². The number of carbonyl (C=O) groups excluding carboxylic acids is 1. The first-order valence-electron chi connectivity index (χ1n) is 7.43. The zero-order chi connectivity index (χ0) is 15.2. The van der Waals surface area contributed by atoms with Crippen LogP contribution in [0.15, 0.2) is 24.3 Å². The van der Waals surface area contributed by atoms with Gasteiger partial charge in [0, 0.05) is 18.2 Å². The number of hydrogen-bond acceptors (Lipinski definition) is 3. The zero-order valence-electron chi connectivity index (χ0n) is 12.1. The maximum absolute atomic E-state index is 12.7. The van der Waals surface area contributed by atoms with E-state index in [1.54, 1.807) is 18.2 Å². The Morgan fingerprint density at radius 1 is 1.24 bits per heavy atom. The van der Waals surface area contributed by atoms with Crippen molar-refractivity contribution < 1.29 is 14.7 Å². The molecule has 0 radical (unpaired) electrons. The van der Waals surface area contributed by atoms with Gasteiger partial charge in [0.05, 0.1) is 0 Å². The van der Waals surface area contributed by atoms with Crippen LogP contribution in [0.5, 0.6) is 0 Å². The van der Waals surface area contributed by atoms with Crippen LogP contribution >= 0.6 is 0 Å². The maximum Gasteiger partial charge on any atom is 0.323 e. The minimum absolute atomic E-state index is 0.0314. The van der Waals surface area contributed by atoms with Crippen LogP contribution in [-0.4, -0.2) is 34.5 Å². The topological polar surface area (TPSA) is 83.6 Å². The summed E-state index contributed by atoms with van der Waals surface area (Å²) < 4.78 is 0. The highest BCUT2D eigenvalue weighted by molar-refractivity contribution is 5.96. The fourth-order valence-corrected chi connectivity index (χ4v) is 2.90. The van der Waals surface area contributed by atoms with Crippen LogP contribution in [-0.2, 0) is 11.3 Å². The Kier molecular flexibility index (Phi) is 5.33. The third kappa shape index (κ3) is 4.04. The number of amides is 1. The lowest BCUT2D eigenvalue weighted by Gasteiger charge is -2.33. The van der Waals surface area contributed by atoms with Crippen LogP contribution in [0.2, 0.25) is 0 Å². The van der Waals surface area contributed by atoms with Crippen LogP contribution in [0.3, 0.4) is 0 Å². The van der Waals surface area contributed by atoms with E-state index in [4.69, 9.17) is 10.8 Å². The molecule has 2 rings (SSSR count). The van der Waals surface area contributed by atoms with Crippen molar-refractivity contribution in [3.05, 3.63) is 35.4 Å². The molecule has 1 fully saturated rings. The van der Waals surface area contributed by atoms with Gasteiger partial charge in [0.15, 0.2) is 0 Å². The number of hydrogen-bond donors (Lipinski definition) is 2. The number of carboxylic acids is 1. The number of nitrogens with zero attached hydrogens (tertiary/aromatic N) is 1. The molecule has 1 saturated carbocycles. The summed E-state index contributed by atoms with van der Waals surface area (Å²) in [6.45, 7) is 0.125. The van der Waals surface area contributed by atoms with Crippen molar-refractivity contribution in [1.82, 2.24) is 4.90 Å². The predicted octanol–water partition coefficient (Wildman–Crippen LogP) is 2.00. The molecule has 1 aromatic carbocycles. The molecule has 5 heteroatoms. The molecule has 3 N–H and O–H groups in total. The number of benzene rings is 1. The lowest BCUT2D eigenvalue weighted by molar-refractivity contribution is -0.138. The smallest absolute Gasteiger partial charge is 0.323 e. The number of carbonyl (C=O) groups is 2. The molecule has 1 aromatic rings. The molecular formula is C16H22N2O3. The number of carboxylic acid groups (broad SMARTS) is 1. The van der Waals surface area contributed by atoms with Crippen molar-refractivity contribution in [2.75, 3.05) is 6.54 Å². The SMILES string of the molecule is NCc1cccc(C(=O)N(CC(=O)O)C2CCCCC2)c1. The first kappa shape index (κ1) is 15.5. The Labute approximate surface area is 124 Å². The Morgan fingerprint density at radius 3 is 2.57 bits per heavy atom. The summed E-state index contributed by atoms with van der Waals surface area (Å²) in [5.41, 5.74) is 6.99. The van der Waals surface area contributed by atoms with Gasteiger partial charge in [0.1, 0.15) is 6.54 Å². The van der Waals surface area contributed by atoms with E-state index in [9.17, 15) is 9.59 Å². The van der Waals surface area contributed by atoms with Gasteiger partial charge in [-0.1, -0.05) is 31.4 Å². The van der Waals surface area contributed by atoms with Crippen molar-refractivity contribution in [3.63, 3.8) is 0 Å². The van der Waals surface area contributed by atoms with Gasteiger partial charge in [-0.2, -0.15) is 0 Å². The molecular weight excluding hydrogens is 268 g/mol. The molecule has 5 nitrogen and oxygen atoms in total. The normalized spacial score (nSPS) is 15.7. The molecule has 0 atom stereocenters. The summed E-state index contributed by atoms with van der Waals surface area (Å²) in [7, 11) is 0. The molecule has 0 spiro atoms. The van der Waals surface area contributed by atoms with E-state index in [0.717, 1.165) is 37.7 Å². The quantitative estimate of drug-likeness (QED) is 0.868. The van der Waals surface area contributed by atoms with Gasteiger partial charge in [0.2, 0.25) is 0 Å². The summed E-state index contributed by atoms with van der Waals surface area (Å²) in [6.07, 6.45) is 5.03. The highest BCUT2D eigenvalue weighted by atomic mass is 16.4. The highest BCUT2D eigenvalue weighted by Crippen LogP contribution is 2.24. The second-order valence-electron chi connectivity index (χ2n) is 5.52. The Morgan fingerprint density at radius 2 is 1.95 bits per heavy atom. The second-order valence-corrected chi connectivity index (χ2v) is 5.52. The van der Waals surface area contributed by atoms with E-state index in [2.05, 4.69) is 0 Å². The Balaban J connectivity index is 2.21. The summed E-state index contributed by atoms with van der Waals surface area (Å²) >= 11 is 0. The lowest BCUT2D eigenvalue weighted by atomic mass is 9.93. The van der Waals surface area contributed by atoms with Gasteiger partial charge in [-0.3, -0.25) is 9.59 Å². The molecule has 114 valence electrons. The average molecular weight is 290 g/mol. The first-order valence-corrected chi connectivity index (χ1v) is 7.43. The summed E-state index contributed by atoms with van der Waals surface area (Å²) in [5.74, 6) is -1.18. The molecule has 21 heavy (non-hydrogen) atoms. The van der Waals surface area contributed by atoms with E-state index in [-0.39, 0.29) is 18.5 Å². The summed E-state index contributed by atoms with van der Waals surface area (Å²) in [6, 6.07) is 7.15. The maximum atomic E-state index is 12.7. The molecule has 0 aromatic heterocycles. The van der Waals surface area contributed by atoms with Crippen molar-refractivity contribution in [1.29, 1.82) is 0 Å². The molecule has 1 amide bonds. The number of aliphatic carboxylic acids is 1. The largest absolute Gasteiger partial charge is 0.480 e. The van der Waals surface area contributed by atoms with Gasteiger partial charge in [-0.25, -0.2) is 0 Å². The third-order valence-electron chi connectivity index (χ3n) is 3.99. The Bertz CT molecular complexity index is 510. The van der Waals surface area contributed by atoms with Crippen molar-refractivity contribution >= 4 is 11.9 Å². The van der Waals surface area contributed by atoms with Gasteiger partial charge in [-0.05, 0) is 30.5 Å². The Hall–Kier alpha value is -1.88. The van der Waals surface area contributed by atoms with E-state index < -0.39 is 5.97 Å². The molecule has 0 unspecified atom stereocenters. The fraction of sp³-hybridized carbons (Fsp3) is 0.500. The molecule has 0 bridgehead atoms. The number of rotatable bonds is 5. The molecule has 0 saturated heterocycles. The third-order valence-corrected chi connectivity index (χ3v) is 3.99. The first-order chi connectivity index (χ1) is 10.1. The van der Waals surface area contributed by atoms with Crippen LogP contribution in [0.1, 0.15) is 48.0 Å².